The molecule has 0 radical (unpaired) electrons. The first-order chi connectivity index (χ1) is 26.8. The van der Waals surface area contributed by atoms with Gasteiger partial charge in [-0.1, -0.05) is 99.3 Å². The first kappa shape index (κ1) is 34.0. The zero-order chi connectivity index (χ0) is 37.7. The topological polar surface area (TPSA) is 55.1 Å². The summed E-state index contributed by atoms with van der Waals surface area (Å²) in [6, 6.07) is 45.9. The van der Waals surface area contributed by atoms with Crippen LogP contribution in [-0.2, 0) is 5.41 Å². The highest BCUT2D eigenvalue weighted by molar-refractivity contribution is 6.11. The van der Waals surface area contributed by atoms with Crippen LogP contribution in [0.5, 0.6) is 0 Å². The number of aromatic nitrogens is 3. The third-order valence-electron chi connectivity index (χ3n) is 10.9. The second-order valence-corrected chi connectivity index (χ2v) is 14.6. The quantitative estimate of drug-likeness (QED) is 0.165. The Labute approximate surface area is 321 Å². The smallest absolute Gasteiger partial charge is 0.143 e. The minimum atomic E-state index is -0.0728. The molecule has 1 aliphatic rings. The van der Waals surface area contributed by atoms with Crippen LogP contribution in [-0.4, -0.2) is 22.0 Å². The maximum atomic E-state index is 6.67. The van der Waals surface area contributed by atoms with Crippen LogP contribution in [0.1, 0.15) is 37.5 Å². The van der Waals surface area contributed by atoms with E-state index in [0.717, 1.165) is 78.4 Å². The fourth-order valence-electron chi connectivity index (χ4n) is 8.19. The molecule has 9 rings (SSSR count). The monoisotopic (exact) mass is 712 g/mol. The van der Waals surface area contributed by atoms with Crippen molar-refractivity contribution in [2.24, 2.45) is 0 Å². The molecular weight excluding hydrogens is 673 g/mol. The summed E-state index contributed by atoms with van der Waals surface area (Å²) < 4.78 is 6.67. The predicted molar refractivity (Wildman–Crippen MR) is 228 cm³/mol. The van der Waals surface area contributed by atoms with Crippen LogP contribution < -0.4 is 4.90 Å². The Morgan fingerprint density at radius 3 is 2.07 bits per heavy atom. The minimum absolute atomic E-state index is 0.0728. The standard InChI is InChI=1S/C50H40N4O/c1-6-41-39(37-17-7-9-20-42(37)50(41,3)4)28-32(2)35-16-8-10-23-47(35)54(5)34-24-25-48-40(31-34)38-19-15-18-36(49(38)55-48)33-29-45(43-21-11-13-26-51-43)53-46(30-33)44-22-12-14-27-52-44/h6-31H,2H2,1,3-5H3/b39-28-,41-6+. The Morgan fingerprint density at radius 2 is 1.36 bits per heavy atom. The van der Waals surface area contributed by atoms with Gasteiger partial charge in [-0.3, -0.25) is 9.97 Å². The Balaban J connectivity index is 1.11. The largest absolute Gasteiger partial charge is 0.455 e. The van der Waals surface area contributed by atoms with Gasteiger partial charge >= 0.3 is 0 Å². The number of hydrogen-bond acceptors (Lipinski definition) is 5. The fourth-order valence-corrected chi connectivity index (χ4v) is 8.19. The molecular formula is C50H40N4O. The van der Waals surface area contributed by atoms with E-state index in [2.05, 4.69) is 158 Å². The van der Waals surface area contributed by atoms with Gasteiger partial charge in [0.2, 0.25) is 0 Å². The summed E-state index contributed by atoms with van der Waals surface area (Å²) in [5, 5.41) is 2.09. The molecule has 5 nitrogen and oxygen atoms in total. The molecule has 0 atom stereocenters. The first-order valence-electron chi connectivity index (χ1n) is 18.6. The lowest BCUT2D eigenvalue weighted by atomic mass is 9.82. The molecule has 1 aliphatic carbocycles. The van der Waals surface area contributed by atoms with Crippen LogP contribution in [0, 0.1) is 0 Å². The van der Waals surface area contributed by atoms with E-state index in [1.54, 1.807) is 12.4 Å². The molecule has 4 aromatic heterocycles. The van der Waals surface area contributed by atoms with Crippen molar-refractivity contribution in [3.8, 4) is 33.9 Å². The van der Waals surface area contributed by atoms with Crippen molar-refractivity contribution in [1.82, 2.24) is 15.0 Å². The molecule has 5 heteroatoms. The summed E-state index contributed by atoms with van der Waals surface area (Å²) in [6.07, 6.45) is 8.10. The van der Waals surface area contributed by atoms with Crippen molar-refractivity contribution in [2.45, 2.75) is 26.2 Å². The van der Waals surface area contributed by atoms with Gasteiger partial charge in [-0.25, -0.2) is 4.98 Å². The number of pyridine rings is 3. The molecule has 0 saturated heterocycles. The number of para-hydroxylation sites is 2. The Hall–Kier alpha value is -6.85. The maximum absolute atomic E-state index is 6.67. The van der Waals surface area contributed by atoms with Gasteiger partial charge in [-0.15, -0.1) is 0 Å². The third kappa shape index (κ3) is 5.85. The minimum Gasteiger partial charge on any atom is -0.455 e. The molecule has 0 aliphatic heterocycles. The van der Waals surface area contributed by atoms with E-state index in [1.807, 2.05) is 36.4 Å². The Morgan fingerprint density at radius 1 is 0.691 bits per heavy atom. The molecule has 0 bridgehead atoms. The Kier molecular flexibility index (Phi) is 8.35. The van der Waals surface area contributed by atoms with Crippen LogP contribution in [0.2, 0.25) is 0 Å². The molecule has 0 amide bonds. The van der Waals surface area contributed by atoms with Crippen molar-refractivity contribution in [3.63, 3.8) is 0 Å². The Bertz CT molecular complexity index is 2770. The number of rotatable bonds is 7. The predicted octanol–water partition coefficient (Wildman–Crippen LogP) is 12.9. The molecule has 266 valence electrons. The van der Waals surface area contributed by atoms with Gasteiger partial charge in [-0.2, -0.15) is 0 Å². The lowest BCUT2D eigenvalue weighted by Crippen LogP contribution is -2.14. The molecule has 8 aromatic rings. The first-order valence-corrected chi connectivity index (χ1v) is 18.6. The average molecular weight is 713 g/mol. The molecule has 55 heavy (non-hydrogen) atoms. The summed E-state index contributed by atoms with van der Waals surface area (Å²) in [4.78, 5) is 16.4. The van der Waals surface area contributed by atoms with Gasteiger partial charge < -0.3 is 9.32 Å². The number of anilines is 2. The summed E-state index contributed by atoms with van der Waals surface area (Å²) in [7, 11) is 2.12. The van der Waals surface area contributed by atoms with E-state index >= 15 is 0 Å². The van der Waals surface area contributed by atoms with Crippen molar-refractivity contribution in [3.05, 3.63) is 187 Å². The lowest BCUT2D eigenvalue weighted by Gasteiger charge is -2.24. The molecule has 0 N–H and O–H groups in total. The van der Waals surface area contributed by atoms with Crippen LogP contribution in [0.3, 0.4) is 0 Å². The fraction of sp³-hybridized carbons (Fsp3) is 0.100. The summed E-state index contributed by atoms with van der Waals surface area (Å²) in [5.74, 6) is 0. The highest BCUT2D eigenvalue weighted by atomic mass is 16.3. The second-order valence-electron chi connectivity index (χ2n) is 14.6. The van der Waals surface area contributed by atoms with Gasteiger partial charge in [0.25, 0.3) is 0 Å². The van der Waals surface area contributed by atoms with Crippen molar-refractivity contribution in [1.29, 1.82) is 0 Å². The van der Waals surface area contributed by atoms with Gasteiger partial charge in [0.15, 0.2) is 0 Å². The zero-order valence-electron chi connectivity index (χ0n) is 31.4. The van der Waals surface area contributed by atoms with Gasteiger partial charge in [-0.05, 0) is 107 Å². The summed E-state index contributed by atoms with van der Waals surface area (Å²) in [5.41, 5.74) is 16.0. The van der Waals surface area contributed by atoms with Crippen LogP contribution in [0.4, 0.5) is 11.4 Å². The van der Waals surface area contributed by atoms with Crippen LogP contribution in [0.25, 0.3) is 67.0 Å². The molecule has 0 fully saturated rings. The lowest BCUT2D eigenvalue weighted by molar-refractivity contribution is 0.659. The number of fused-ring (bicyclic) bond motifs is 4. The molecule has 4 heterocycles. The zero-order valence-corrected chi connectivity index (χ0v) is 31.4. The number of hydrogen-bond donors (Lipinski definition) is 0. The van der Waals surface area contributed by atoms with Gasteiger partial charge in [0.1, 0.15) is 11.2 Å². The number of allylic oxidation sites excluding steroid dienone is 5. The molecule has 0 unspecified atom stereocenters. The van der Waals surface area contributed by atoms with Crippen LogP contribution >= 0.6 is 0 Å². The second kappa shape index (κ2) is 13.5. The van der Waals surface area contributed by atoms with E-state index in [-0.39, 0.29) is 5.41 Å². The SMILES string of the molecule is C=C(/C=C1\C(=C/C)C(C)(C)c2ccccc21)c1ccccc1N(C)c1ccc2oc3c(-c4cc(-c5ccccn5)nc(-c5ccccn5)c4)cccc3c2c1. The summed E-state index contributed by atoms with van der Waals surface area (Å²) in [6.45, 7) is 11.4. The van der Waals surface area contributed by atoms with Crippen LogP contribution in [0.15, 0.2) is 175 Å². The molecule has 4 aromatic carbocycles. The highest BCUT2D eigenvalue weighted by Crippen LogP contribution is 2.50. The third-order valence-corrected chi connectivity index (χ3v) is 10.9. The van der Waals surface area contributed by atoms with Gasteiger partial charge in [0, 0.05) is 58.1 Å². The summed E-state index contributed by atoms with van der Waals surface area (Å²) >= 11 is 0. The molecule has 0 saturated carbocycles. The normalized spacial score (nSPS) is 14.8. The van der Waals surface area contributed by atoms with E-state index in [9.17, 15) is 0 Å². The van der Waals surface area contributed by atoms with Crippen molar-refractivity contribution < 1.29 is 4.42 Å². The van der Waals surface area contributed by atoms with Crippen molar-refractivity contribution >= 4 is 44.5 Å². The van der Waals surface area contributed by atoms with E-state index in [0.29, 0.717) is 0 Å². The van der Waals surface area contributed by atoms with Crippen molar-refractivity contribution in [2.75, 3.05) is 11.9 Å². The number of benzene rings is 4. The van der Waals surface area contributed by atoms with E-state index in [4.69, 9.17) is 9.40 Å². The molecule has 0 spiro atoms. The highest BCUT2D eigenvalue weighted by Gasteiger charge is 2.37. The number of furan rings is 1. The van der Waals surface area contributed by atoms with Gasteiger partial charge in [0.05, 0.1) is 22.8 Å². The maximum Gasteiger partial charge on any atom is 0.143 e. The average Bonchev–Trinajstić information content (AvgIpc) is 3.71. The van der Waals surface area contributed by atoms with E-state index < -0.39 is 0 Å². The number of nitrogens with zero attached hydrogens (tertiary/aromatic N) is 4. The van der Waals surface area contributed by atoms with E-state index in [1.165, 1.54) is 22.3 Å².